The van der Waals surface area contributed by atoms with Gasteiger partial charge in [-0.25, -0.2) is 4.98 Å². The lowest BCUT2D eigenvalue weighted by Gasteiger charge is -2.16. The predicted molar refractivity (Wildman–Crippen MR) is 216 cm³/mol. The van der Waals surface area contributed by atoms with Gasteiger partial charge in [0.05, 0.1) is 34.0 Å². The van der Waals surface area contributed by atoms with E-state index < -0.39 is 0 Å². The highest BCUT2D eigenvalue weighted by Crippen LogP contribution is 2.51. The number of aromatic nitrogens is 4. The first-order valence-corrected chi connectivity index (χ1v) is 17.8. The van der Waals surface area contributed by atoms with Crippen LogP contribution in [0.5, 0.6) is 0 Å². The number of para-hydroxylation sites is 1. The Labute approximate surface area is 298 Å². The highest BCUT2D eigenvalue weighted by Gasteiger charge is 2.28. The first-order chi connectivity index (χ1) is 25.8. The second-order valence-electron chi connectivity index (χ2n) is 13.7. The number of rotatable bonds is 4. The number of hydrogen-bond acceptors (Lipinski definition) is 2. The van der Waals surface area contributed by atoms with Crippen LogP contribution in [0, 0.1) is 0 Å². The zero-order valence-electron chi connectivity index (χ0n) is 28.0. The Kier molecular flexibility index (Phi) is 5.47. The molecular weight excluding hydrogens is 633 g/mol. The summed E-state index contributed by atoms with van der Waals surface area (Å²) in [5, 5.41) is 9.96. The van der Waals surface area contributed by atoms with Gasteiger partial charge in [0.25, 0.3) is 0 Å². The van der Waals surface area contributed by atoms with E-state index in [0.29, 0.717) is 0 Å². The lowest BCUT2D eigenvalue weighted by molar-refractivity contribution is 1.05. The van der Waals surface area contributed by atoms with E-state index in [2.05, 4.69) is 167 Å². The van der Waals surface area contributed by atoms with Crippen molar-refractivity contribution in [3.63, 3.8) is 0 Å². The number of nitrogens with zero attached hydrogens (tertiary/aromatic N) is 4. The fourth-order valence-electron chi connectivity index (χ4n) is 8.95. The van der Waals surface area contributed by atoms with Crippen LogP contribution in [0.3, 0.4) is 0 Å². The van der Waals surface area contributed by atoms with E-state index in [4.69, 9.17) is 9.97 Å². The minimum atomic E-state index is 0.822. The molecule has 8 aromatic carbocycles. The molecule has 0 spiro atoms. The van der Waals surface area contributed by atoms with Crippen LogP contribution in [0.1, 0.15) is 0 Å². The SMILES string of the molecule is c1ccc(-c2cnc(-c3cccc4ccccc34)c(-n3c4cccc5c4c4c6c(ccc7c6c6c-5cccc6n7-c5ccccc5)ccc43)n2)cc1. The first-order valence-electron chi connectivity index (χ1n) is 17.8. The summed E-state index contributed by atoms with van der Waals surface area (Å²) in [7, 11) is 0. The van der Waals surface area contributed by atoms with Gasteiger partial charge in [0, 0.05) is 43.7 Å². The van der Waals surface area contributed by atoms with Crippen molar-refractivity contribution >= 4 is 65.2 Å². The van der Waals surface area contributed by atoms with Crippen LogP contribution in [0.2, 0.25) is 0 Å². The monoisotopic (exact) mass is 660 g/mol. The molecule has 0 saturated carbocycles. The summed E-state index contributed by atoms with van der Waals surface area (Å²) in [6.45, 7) is 0. The van der Waals surface area contributed by atoms with Crippen molar-refractivity contribution in [3.8, 4) is 45.1 Å². The Morgan fingerprint density at radius 1 is 0.385 bits per heavy atom. The van der Waals surface area contributed by atoms with Gasteiger partial charge in [-0.15, -0.1) is 0 Å². The minimum absolute atomic E-state index is 0.822. The maximum Gasteiger partial charge on any atom is 0.165 e. The molecule has 0 aliphatic heterocycles. The molecule has 0 amide bonds. The lowest BCUT2D eigenvalue weighted by atomic mass is 9.98. The third-order valence-electron chi connectivity index (χ3n) is 11.1. The number of benzene rings is 8. The maximum atomic E-state index is 5.54. The van der Waals surface area contributed by atoms with Gasteiger partial charge in [0.15, 0.2) is 5.82 Å². The van der Waals surface area contributed by atoms with Crippen molar-refractivity contribution in [1.82, 2.24) is 19.1 Å². The quantitative estimate of drug-likeness (QED) is 0.188. The van der Waals surface area contributed by atoms with Gasteiger partial charge in [-0.3, -0.25) is 9.55 Å². The van der Waals surface area contributed by atoms with E-state index in [-0.39, 0.29) is 0 Å². The minimum Gasteiger partial charge on any atom is -0.309 e. The molecule has 3 aromatic heterocycles. The molecule has 1 aliphatic carbocycles. The summed E-state index contributed by atoms with van der Waals surface area (Å²) < 4.78 is 4.81. The fourth-order valence-corrected chi connectivity index (χ4v) is 8.95. The van der Waals surface area contributed by atoms with Gasteiger partial charge in [-0.2, -0.15) is 0 Å². The third kappa shape index (κ3) is 3.60. The van der Waals surface area contributed by atoms with Crippen molar-refractivity contribution in [3.05, 3.63) is 170 Å². The van der Waals surface area contributed by atoms with Crippen LogP contribution in [-0.4, -0.2) is 19.1 Å². The zero-order chi connectivity index (χ0) is 33.9. The van der Waals surface area contributed by atoms with Crippen molar-refractivity contribution in [2.75, 3.05) is 0 Å². The summed E-state index contributed by atoms with van der Waals surface area (Å²) in [6, 6.07) is 58.9. The molecule has 1 aliphatic rings. The Bertz CT molecular complexity index is 3270. The second-order valence-corrected chi connectivity index (χ2v) is 13.7. The zero-order valence-corrected chi connectivity index (χ0v) is 28.0. The standard InChI is InChI=1S/C48H28N4/c1-3-13-30(14-4-1)37-28-49-47(36-21-9-15-29-12-7-8-18-33(29)36)48(50-37)52-39-23-11-20-35-34-19-10-22-38-43(34)45-40(51(38)32-16-5-2-6-17-32)26-24-31-25-27-41(52)46(42(31)45)44(35)39/h1-28H. The first kappa shape index (κ1) is 27.7. The highest BCUT2D eigenvalue weighted by atomic mass is 15.1. The van der Waals surface area contributed by atoms with E-state index in [1.165, 1.54) is 59.9 Å². The van der Waals surface area contributed by atoms with Crippen LogP contribution < -0.4 is 0 Å². The fraction of sp³-hybridized carbons (Fsp3) is 0. The summed E-state index contributed by atoms with van der Waals surface area (Å²) in [5.41, 5.74) is 12.1. The predicted octanol–water partition coefficient (Wildman–Crippen LogP) is 12.3. The van der Waals surface area contributed by atoms with Gasteiger partial charge in [-0.1, -0.05) is 127 Å². The van der Waals surface area contributed by atoms with Gasteiger partial charge in [-0.05, 0) is 63.7 Å². The molecule has 4 heteroatoms. The third-order valence-corrected chi connectivity index (χ3v) is 11.1. The van der Waals surface area contributed by atoms with Crippen LogP contribution in [0.15, 0.2) is 170 Å². The average Bonchev–Trinajstić information content (AvgIpc) is 3.70. The molecule has 0 fully saturated rings. The summed E-state index contributed by atoms with van der Waals surface area (Å²) in [4.78, 5) is 10.8. The average molecular weight is 661 g/mol. The summed E-state index contributed by atoms with van der Waals surface area (Å²) in [5.74, 6) is 0.822. The number of hydrogen-bond donors (Lipinski definition) is 0. The van der Waals surface area contributed by atoms with Crippen LogP contribution in [-0.2, 0) is 0 Å². The van der Waals surface area contributed by atoms with Crippen LogP contribution in [0.25, 0.3) is 110 Å². The summed E-state index contributed by atoms with van der Waals surface area (Å²) >= 11 is 0. The van der Waals surface area contributed by atoms with E-state index in [0.717, 1.165) is 50.4 Å². The molecule has 0 bridgehead atoms. The van der Waals surface area contributed by atoms with E-state index in [9.17, 15) is 0 Å². The molecule has 12 rings (SSSR count). The molecular formula is C48H28N4. The maximum absolute atomic E-state index is 5.54. The van der Waals surface area contributed by atoms with E-state index in [1.54, 1.807) is 0 Å². The normalized spacial score (nSPS) is 12.2. The second kappa shape index (κ2) is 10.3. The Hall–Kier alpha value is -7.04. The molecule has 4 nitrogen and oxygen atoms in total. The lowest BCUT2D eigenvalue weighted by Crippen LogP contribution is -2.04. The molecule has 0 saturated heterocycles. The molecule has 0 atom stereocenters. The largest absolute Gasteiger partial charge is 0.309 e. The van der Waals surface area contributed by atoms with Gasteiger partial charge in [0.1, 0.15) is 5.69 Å². The smallest absolute Gasteiger partial charge is 0.165 e. The Morgan fingerprint density at radius 2 is 0.962 bits per heavy atom. The molecule has 0 radical (unpaired) electrons. The highest BCUT2D eigenvalue weighted by molar-refractivity contribution is 6.38. The van der Waals surface area contributed by atoms with E-state index >= 15 is 0 Å². The van der Waals surface area contributed by atoms with Crippen LogP contribution in [0.4, 0.5) is 0 Å². The topological polar surface area (TPSA) is 35.6 Å². The van der Waals surface area contributed by atoms with Gasteiger partial charge in [0.2, 0.25) is 0 Å². The number of fused-ring (bicyclic) bond motifs is 2. The molecule has 240 valence electrons. The Morgan fingerprint density at radius 3 is 1.71 bits per heavy atom. The molecule has 0 N–H and O–H groups in total. The molecule has 3 heterocycles. The van der Waals surface area contributed by atoms with Crippen LogP contribution >= 0.6 is 0 Å². The summed E-state index contributed by atoms with van der Waals surface area (Å²) in [6.07, 6.45) is 1.93. The Balaban J connectivity index is 1.28. The van der Waals surface area contributed by atoms with E-state index in [1.807, 2.05) is 12.3 Å². The van der Waals surface area contributed by atoms with Crippen molar-refractivity contribution in [2.45, 2.75) is 0 Å². The van der Waals surface area contributed by atoms with Crippen molar-refractivity contribution in [1.29, 1.82) is 0 Å². The van der Waals surface area contributed by atoms with Gasteiger partial charge >= 0.3 is 0 Å². The van der Waals surface area contributed by atoms with Gasteiger partial charge < -0.3 is 4.57 Å². The molecule has 0 unspecified atom stereocenters. The molecule has 52 heavy (non-hydrogen) atoms. The van der Waals surface area contributed by atoms with Crippen molar-refractivity contribution < 1.29 is 0 Å². The molecule has 11 aromatic rings. The van der Waals surface area contributed by atoms with Crippen molar-refractivity contribution in [2.24, 2.45) is 0 Å².